The van der Waals surface area contributed by atoms with Crippen LogP contribution in [0.3, 0.4) is 0 Å². The van der Waals surface area contributed by atoms with Crippen molar-refractivity contribution < 1.29 is 8.42 Å². The third-order valence-electron chi connectivity index (χ3n) is 6.65. The number of alkyl halides is 2. The number of nitrogens with zero attached hydrogens (tertiary/aromatic N) is 1. The number of thiophene rings is 1. The summed E-state index contributed by atoms with van der Waals surface area (Å²) in [5.74, 6) is 1.80. The molecular formula is C19H28Cl2N2O2S2. The number of hydrogen-bond acceptors (Lipinski definition) is 4. The molecule has 3 aliphatic rings. The molecule has 4 unspecified atom stereocenters. The van der Waals surface area contributed by atoms with Crippen molar-refractivity contribution in [3.05, 3.63) is 17.0 Å². The van der Waals surface area contributed by atoms with Crippen LogP contribution < -0.4 is 4.72 Å². The molecule has 27 heavy (non-hydrogen) atoms. The summed E-state index contributed by atoms with van der Waals surface area (Å²) in [4.78, 5) is 2.63. The van der Waals surface area contributed by atoms with Crippen LogP contribution in [0.4, 0.5) is 0 Å². The Balaban J connectivity index is 1.34. The molecule has 1 aromatic heterocycles. The normalized spacial score (nSPS) is 32.7. The highest BCUT2D eigenvalue weighted by Crippen LogP contribution is 2.39. The lowest BCUT2D eigenvalue weighted by atomic mass is 9.75. The van der Waals surface area contributed by atoms with Gasteiger partial charge in [0.1, 0.15) is 9.05 Å². The molecule has 8 heteroatoms. The highest BCUT2D eigenvalue weighted by atomic mass is 35.5. The van der Waals surface area contributed by atoms with Crippen LogP contribution in [0.25, 0.3) is 0 Å². The molecule has 3 fully saturated rings. The van der Waals surface area contributed by atoms with Crippen LogP contribution in [0, 0.1) is 11.8 Å². The zero-order valence-corrected chi connectivity index (χ0v) is 18.6. The number of hydrogen-bond donors (Lipinski definition) is 1. The van der Waals surface area contributed by atoms with Gasteiger partial charge in [0.2, 0.25) is 10.0 Å². The summed E-state index contributed by atoms with van der Waals surface area (Å²) in [5, 5.41) is 0. The molecule has 0 radical (unpaired) electrons. The first kappa shape index (κ1) is 20.4. The summed E-state index contributed by atoms with van der Waals surface area (Å²) in [6.45, 7) is 2.41. The fraction of sp³-hybridized carbons (Fsp3) is 0.789. The maximum Gasteiger partial charge on any atom is 0.250 e. The summed E-state index contributed by atoms with van der Waals surface area (Å²) in [6.07, 6.45) is 9.85. The van der Waals surface area contributed by atoms with Gasteiger partial charge in [-0.15, -0.1) is 11.3 Å². The molecule has 0 aromatic carbocycles. The molecule has 1 aliphatic heterocycles. The van der Waals surface area contributed by atoms with Crippen LogP contribution in [0.1, 0.15) is 61.1 Å². The second-order valence-electron chi connectivity index (χ2n) is 8.33. The summed E-state index contributed by atoms with van der Waals surface area (Å²) in [7, 11) is -3.50. The van der Waals surface area contributed by atoms with Gasteiger partial charge in [-0.25, -0.2) is 13.1 Å². The quantitative estimate of drug-likeness (QED) is 0.646. The fourth-order valence-electron chi connectivity index (χ4n) is 5.23. The number of likely N-dealkylation sites (tertiary alicyclic amines) is 1. The number of rotatable bonds is 5. The first-order valence-electron chi connectivity index (χ1n) is 10.1. The van der Waals surface area contributed by atoms with Crippen molar-refractivity contribution >= 4 is 44.6 Å². The van der Waals surface area contributed by atoms with Gasteiger partial charge in [-0.1, -0.05) is 42.5 Å². The Morgan fingerprint density at radius 1 is 1.07 bits per heavy atom. The smallest absolute Gasteiger partial charge is 0.250 e. The van der Waals surface area contributed by atoms with Gasteiger partial charge in [-0.3, -0.25) is 0 Å². The topological polar surface area (TPSA) is 49.4 Å². The van der Waals surface area contributed by atoms with E-state index in [4.69, 9.17) is 23.2 Å². The molecule has 1 aromatic rings. The molecule has 4 nitrogen and oxygen atoms in total. The van der Waals surface area contributed by atoms with E-state index in [2.05, 4.69) is 9.62 Å². The van der Waals surface area contributed by atoms with E-state index in [1.807, 2.05) is 0 Å². The molecule has 1 saturated heterocycles. The Kier molecular flexibility index (Phi) is 6.42. The standard InChI is InChI=1S/C19H28Cl2N2O2S2/c20-19(21)17-7-8-18(26-17)27(24,25)22-15-5-6-16(11-15)23-10-9-13-3-1-2-4-14(13)12-23/h7-8,13-16,19,22H,1-6,9-12H2. The van der Waals surface area contributed by atoms with Crippen molar-refractivity contribution in [3.8, 4) is 0 Å². The molecular weight excluding hydrogens is 423 g/mol. The van der Waals surface area contributed by atoms with Gasteiger partial charge < -0.3 is 4.90 Å². The second-order valence-corrected chi connectivity index (χ2v) is 12.5. The molecule has 2 saturated carbocycles. The zero-order chi connectivity index (χ0) is 19.0. The van der Waals surface area contributed by atoms with Gasteiger partial charge in [0.25, 0.3) is 0 Å². The maximum atomic E-state index is 12.7. The Hall–Kier alpha value is 0.150. The lowest BCUT2D eigenvalue weighted by molar-refractivity contribution is 0.0580. The molecule has 152 valence electrons. The van der Waals surface area contributed by atoms with Gasteiger partial charge in [0, 0.05) is 23.5 Å². The van der Waals surface area contributed by atoms with Crippen molar-refractivity contribution in [2.75, 3.05) is 13.1 Å². The van der Waals surface area contributed by atoms with Crippen molar-refractivity contribution in [2.24, 2.45) is 11.8 Å². The lowest BCUT2D eigenvalue weighted by Crippen LogP contribution is -2.46. The van der Waals surface area contributed by atoms with Crippen molar-refractivity contribution in [2.45, 2.75) is 72.5 Å². The SMILES string of the molecule is O=S(=O)(NC1CCC(N2CCC3CCCCC3C2)C1)c1ccc(C(Cl)Cl)s1. The van der Waals surface area contributed by atoms with Gasteiger partial charge in [0.05, 0.1) is 0 Å². The van der Waals surface area contributed by atoms with Crippen molar-refractivity contribution in [3.63, 3.8) is 0 Å². The Morgan fingerprint density at radius 3 is 2.59 bits per heavy atom. The van der Waals surface area contributed by atoms with E-state index in [-0.39, 0.29) is 6.04 Å². The van der Waals surface area contributed by atoms with Crippen LogP contribution in [0.15, 0.2) is 16.3 Å². The van der Waals surface area contributed by atoms with E-state index in [9.17, 15) is 8.42 Å². The van der Waals surface area contributed by atoms with Crippen LogP contribution >= 0.6 is 34.5 Å². The average Bonchev–Trinajstić information content (AvgIpc) is 3.31. The van der Waals surface area contributed by atoms with E-state index in [0.29, 0.717) is 15.1 Å². The molecule has 2 heterocycles. The number of nitrogens with one attached hydrogen (secondary N) is 1. The van der Waals surface area contributed by atoms with Crippen LogP contribution in [0.2, 0.25) is 0 Å². The number of halogens is 2. The minimum atomic E-state index is -3.50. The molecule has 0 spiro atoms. The molecule has 4 atom stereocenters. The lowest BCUT2D eigenvalue weighted by Gasteiger charge is -2.43. The first-order valence-corrected chi connectivity index (χ1v) is 13.2. The number of sulfonamides is 1. The van der Waals surface area contributed by atoms with E-state index in [1.54, 1.807) is 12.1 Å². The van der Waals surface area contributed by atoms with Gasteiger partial charge >= 0.3 is 0 Å². The monoisotopic (exact) mass is 450 g/mol. The Morgan fingerprint density at radius 2 is 1.85 bits per heavy atom. The highest BCUT2D eigenvalue weighted by molar-refractivity contribution is 7.91. The maximum absolute atomic E-state index is 12.7. The van der Waals surface area contributed by atoms with Gasteiger partial charge in [-0.05, 0) is 62.6 Å². The largest absolute Gasteiger partial charge is 0.300 e. The van der Waals surface area contributed by atoms with Gasteiger partial charge in [0.15, 0.2) is 0 Å². The molecule has 2 aliphatic carbocycles. The van der Waals surface area contributed by atoms with Gasteiger partial charge in [-0.2, -0.15) is 0 Å². The van der Waals surface area contributed by atoms with E-state index >= 15 is 0 Å². The highest BCUT2D eigenvalue weighted by Gasteiger charge is 2.37. The molecule has 0 amide bonds. The molecule has 4 rings (SSSR count). The number of fused-ring (bicyclic) bond motifs is 1. The average molecular weight is 451 g/mol. The summed E-state index contributed by atoms with van der Waals surface area (Å²) < 4.78 is 28.6. The van der Waals surface area contributed by atoms with Crippen LogP contribution in [0.5, 0.6) is 0 Å². The third kappa shape index (κ3) is 4.67. The summed E-state index contributed by atoms with van der Waals surface area (Å²) in [6, 6.07) is 3.84. The van der Waals surface area contributed by atoms with E-state index in [0.717, 1.165) is 42.4 Å². The second kappa shape index (κ2) is 8.49. The van der Waals surface area contributed by atoms with Crippen molar-refractivity contribution in [1.29, 1.82) is 0 Å². The summed E-state index contributed by atoms with van der Waals surface area (Å²) >= 11 is 12.8. The number of piperidine rings is 1. The summed E-state index contributed by atoms with van der Waals surface area (Å²) in [5.41, 5.74) is 0. The van der Waals surface area contributed by atoms with Crippen molar-refractivity contribution in [1.82, 2.24) is 9.62 Å². The van der Waals surface area contributed by atoms with E-state index in [1.165, 1.54) is 45.2 Å². The molecule has 1 N–H and O–H groups in total. The Bertz CT molecular complexity index is 753. The molecule has 0 bridgehead atoms. The fourth-order valence-corrected chi connectivity index (χ4v) is 8.13. The predicted molar refractivity (Wildman–Crippen MR) is 112 cm³/mol. The minimum Gasteiger partial charge on any atom is -0.300 e. The third-order valence-corrected chi connectivity index (χ3v) is 10.5. The first-order chi connectivity index (χ1) is 12.9. The predicted octanol–water partition coefficient (Wildman–Crippen LogP) is 4.94. The van der Waals surface area contributed by atoms with Crippen LogP contribution in [-0.4, -0.2) is 38.5 Å². The zero-order valence-electron chi connectivity index (χ0n) is 15.4. The minimum absolute atomic E-state index is 0.0254. The van der Waals surface area contributed by atoms with Crippen LogP contribution in [-0.2, 0) is 10.0 Å². The Labute approximate surface area is 176 Å². The van der Waals surface area contributed by atoms with E-state index < -0.39 is 14.9 Å².